The number of nitrogens with zero attached hydrogens (tertiary/aromatic N) is 3. The molecule has 2 atom stereocenters. The first-order chi connectivity index (χ1) is 12.2. The molecule has 0 saturated carbocycles. The van der Waals surface area contributed by atoms with E-state index in [0.29, 0.717) is 26.3 Å². The van der Waals surface area contributed by atoms with Crippen molar-refractivity contribution in [3.05, 3.63) is 47.6 Å². The van der Waals surface area contributed by atoms with Gasteiger partial charge < -0.3 is 19.7 Å². The fourth-order valence-electron chi connectivity index (χ4n) is 3.17. The van der Waals surface area contributed by atoms with E-state index in [-0.39, 0.29) is 29.1 Å². The van der Waals surface area contributed by atoms with Crippen LogP contribution in [0.3, 0.4) is 0 Å². The summed E-state index contributed by atoms with van der Waals surface area (Å²) in [4.78, 5) is 10.0. The van der Waals surface area contributed by atoms with Gasteiger partial charge >= 0.3 is 0 Å². The van der Waals surface area contributed by atoms with Crippen molar-refractivity contribution in [2.45, 2.75) is 18.2 Å². The molecule has 0 amide bonds. The van der Waals surface area contributed by atoms with Crippen molar-refractivity contribution in [2.24, 2.45) is 0 Å². The number of ether oxygens (including phenoxy) is 2. The van der Waals surface area contributed by atoms with Gasteiger partial charge in [0.1, 0.15) is 12.2 Å². The van der Waals surface area contributed by atoms with Crippen LogP contribution in [0.4, 0.5) is 15.9 Å². The highest BCUT2D eigenvalue weighted by molar-refractivity contribution is 6.30. The van der Waals surface area contributed by atoms with Gasteiger partial charge in [-0.25, -0.2) is 9.37 Å². The summed E-state index contributed by atoms with van der Waals surface area (Å²) in [5.74, 6) is -0.144. The largest absolute Gasteiger partial charge is 0.376 e. The van der Waals surface area contributed by atoms with E-state index < -0.39 is 5.82 Å². The van der Waals surface area contributed by atoms with Gasteiger partial charge in [-0.2, -0.15) is 0 Å². The molecule has 2 fully saturated rings. The molecule has 132 valence electrons. The molecule has 2 saturated heterocycles. The maximum absolute atomic E-state index is 14.1. The van der Waals surface area contributed by atoms with E-state index in [9.17, 15) is 4.39 Å². The Labute approximate surface area is 149 Å². The van der Waals surface area contributed by atoms with Crippen LogP contribution in [0.2, 0.25) is 5.02 Å². The monoisotopic (exact) mass is 364 g/mol. The van der Waals surface area contributed by atoms with Crippen LogP contribution in [0.1, 0.15) is 0 Å². The standard InChI is InChI=1S/C17H18ClFN4O2/c18-11-4-14(19)17(21-5-11)23-7-15-16(8-23)25-10-13(9-24-15)22-12-2-1-3-20-6-12/h1-6,13,15-16,22H,7-10H2/t15-,16-/m0/s1. The third kappa shape index (κ3) is 3.68. The van der Waals surface area contributed by atoms with E-state index in [0.717, 1.165) is 5.69 Å². The van der Waals surface area contributed by atoms with Crippen LogP contribution in [0, 0.1) is 5.82 Å². The maximum atomic E-state index is 14.1. The van der Waals surface area contributed by atoms with Crippen LogP contribution >= 0.6 is 11.6 Å². The summed E-state index contributed by atoms with van der Waals surface area (Å²) in [6.07, 6.45) is 4.72. The van der Waals surface area contributed by atoms with Crippen molar-refractivity contribution in [1.82, 2.24) is 9.97 Å². The number of nitrogens with one attached hydrogen (secondary N) is 1. The molecule has 8 heteroatoms. The molecule has 0 aliphatic carbocycles. The number of halogens is 2. The molecule has 0 bridgehead atoms. The molecule has 2 aromatic rings. The maximum Gasteiger partial charge on any atom is 0.167 e. The van der Waals surface area contributed by atoms with Gasteiger partial charge in [0, 0.05) is 31.7 Å². The van der Waals surface area contributed by atoms with E-state index in [4.69, 9.17) is 21.1 Å². The summed E-state index contributed by atoms with van der Waals surface area (Å²) < 4.78 is 26.1. The van der Waals surface area contributed by atoms with Gasteiger partial charge in [0.2, 0.25) is 0 Å². The second-order valence-electron chi connectivity index (χ2n) is 6.19. The molecule has 0 spiro atoms. The molecule has 2 aliphatic rings. The van der Waals surface area contributed by atoms with Crippen LogP contribution in [0.25, 0.3) is 0 Å². The zero-order valence-electron chi connectivity index (χ0n) is 13.4. The first kappa shape index (κ1) is 16.5. The lowest BCUT2D eigenvalue weighted by molar-refractivity contribution is -0.00461. The summed E-state index contributed by atoms with van der Waals surface area (Å²) in [7, 11) is 0. The molecule has 2 aliphatic heterocycles. The Hall–Kier alpha value is -1.96. The fourth-order valence-corrected chi connectivity index (χ4v) is 3.32. The molecule has 4 rings (SSSR count). The molecular weight excluding hydrogens is 347 g/mol. The van der Waals surface area contributed by atoms with Crippen LogP contribution in [-0.2, 0) is 9.47 Å². The smallest absolute Gasteiger partial charge is 0.167 e. The zero-order valence-corrected chi connectivity index (χ0v) is 14.2. The van der Waals surface area contributed by atoms with Gasteiger partial charge in [-0.05, 0) is 18.2 Å². The second-order valence-corrected chi connectivity index (χ2v) is 6.63. The highest BCUT2D eigenvalue weighted by atomic mass is 35.5. The van der Waals surface area contributed by atoms with E-state index in [1.807, 2.05) is 17.0 Å². The number of pyridine rings is 2. The minimum atomic E-state index is -0.430. The Kier molecular flexibility index (Phi) is 4.70. The lowest BCUT2D eigenvalue weighted by Gasteiger charge is -2.20. The Morgan fingerprint density at radius 3 is 2.60 bits per heavy atom. The predicted octanol–water partition coefficient (Wildman–Crippen LogP) is 2.35. The number of hydrogen-bond acceptors (Lipinski definition) is 6. The fraction of sp³-hybridized carbons (Fsp3) is 0.412. The minimum absolute atomic E-state index is 0.0497. The molecule has 6 nitrogen and oxygen atoms in total. The van der Waals surface area contributed by atoms with Crippen LogP contribution in [0.5, 0.6) is 0 Å². The second kappa shape index (κ2) is 7.11. The SMILES string of the molecule is Fc1cc(Cl)cnc1N1C[C@@H]2OCC(Nc3cccnc3)CO[C@H]2C1. The van der Waals surface area contributed by atoms with Crippen molar-refractivity contribution >= 4 is 23.1 Å². The predicted molar refractivity (Wildman–Crippen MR) is 92.5 cm³/mol. The number of anilines is 2. The lowest BCUT2D eigenvalue weighted by atomic mass is 10.3. The number of fused-ring (bicyclic) bond motifs is 1. The van der Waals surface area contributed by atoms with Gasteiger partial charge in [-0.15, -0.1) is 0 Å². The summed E-state index contributed by atoms with van der Waals surface area (Å²) in [6, 6.07) is 5.15. The molecule has 4 heterocycles. The zero-order chi connectivity index (χ0) is 17.2. The van der Waals surface area contributed by atoms with Crippen LogP contribution < -0.4 is 10.2 Å². The topological polar surface area (TPSA) is 59.5 Å². The quantitative estimate of drug-likeness (QED) is 0.902. The van der Waals surface area contributed by atoms with Crippen LogP contribution in [-0.4, -0.2) is 54.5 Å². The molecule has 0 aromatic carbocycles. The molecule has 1 N–H and O–H groups in total. The Balaban J connectivity index is 1.38. The first-order valence-corrected chi connectivity index (χ1v) is 8.52. The van der Waals surface area contributed by atoms with Gasteiger partial charge in [-0.3, -0.25) is 4.98 Å². The number of aromatic nitrogens is 2. The van der Waals surface area contributed by atoms with Crippen LogP contribution in [0.15, 0.2) is 36.8 Å². The average Bonchev–Trinajstić information content (AvgIpc) is 2.92. The van der Waals surface area contributed by atoms with E-state index in [1.54, 1.807) is 12.4 Å². The number of rotatable bonds is 3. The normalized spacial score (nSPS) is 24.0. The molecule has 0 radical (unpaired) electrons. The summed E-state index contributed by atoms with van der Waals surface area (Å²) in [5.41, 5.74) is 0.931. The van der Waals surface area contributed by atoms with Crippen molar-refractivity contribution in [3.63, 3.8) is 0 Å². The minimum Gasteiger partial charge on any atom is -0.376 e. The molecular formula is C17H18ClFN4O2. The van der Waals surface area contributed by atoms with Gasteiger partial charge in [0.15, 0.2) is 11.6 Å². The first-order valence-electron chi connectivity index (χ1n) is 8.15. The average molecular weight is 365 g/mol. The van der Waals surface area contributed by atoms with Gasteiger partial charge in [0.05, 0.1) is 30.0 Å². The molecule has 0 unspecified atom stereocenters. The molecule has 25 heavy (non-hydrogen) atoms. The van der Waals surface area contributed by atoms with Crippen molar-refractivity contribution in [2.75, 3.05) is 36.5 Å². The highest BCUT2D eigenvalue weighted by Crippen LogP contribution is 2.27. The van der Waals surface area contributed by atoms with Gasteiger partial charge in [0.25, 0.3) is 0 Å². The Morgan fingerprint density at radius 2 is 1.96 bits per heavy atom. The molecule has 2 aromatic heterocycles. The number of hydrogen-bond donors (Lipinski definition) is 1. The summed E-state index contributed by atoms with van der Waals surface area (Å²) in [5, 5.41) is 3.64. The van der Waals surface area contributed by atoms with Crippen molar-refractivity contribution in [3.8, 4) is 0 Å². The summed E-state index contributed by atoms with van der Waals surface area (Å²) in [6.45, 7) is 2.10. The van der Waals surface area contributed by atoms with E-state index in [2.05, 4.69) is 15.3 Å². The third-order valence-corrected chi connectivity index (χ3v) is 4.57. The lowest BCUT2D eigenvalue weighted by Crippen LogP contribution is -2.31. The van der Waals surface area contributed by atoms with Crippen molar-refractivity contribution in [1.29, 1.82) is 0 Å². The summed E-state index contributed by atoms with van der Waals surface area (Å²) >= 11 is 5.77. The van der Waals surface area contributed by atoms with Crippen molar-refractivity contribution < 1.29 is 13.9 Å². The van der Waals surface area contributed by atoms with Gasteiger partial charge in [-0.1, -0.05) is 11.6 Å². The van der Waals surface area contributed by atoms with E-state index in [1.165, 1.54) is 12.3 Å². The third-order valence-electron chi connectivity index (χ3n) is 4.36. The van der Waals surface area contributed by atoms with E-state index >= 15 is 0 Å². The highest BCUT2D eigenvalue weighted by Gasteiger charge is 2.38. The Bertz CT molecular complexity index is 720. The Morgan fingerprint density at radius 1 is 1.20 bits per heavy atom.